The maximum atomic E-state index is 12.8. The third-order valence-electron chi connectivity index (χ3n) is 5.14. The smallest absolute Gasteiger partial charge is 0.257 e. The maximum absolute atomic E-state index is 12.8. The average molecular weight is 306 g/mol. The predicted octanol–water partition coefficient (Wildman–Crippen LogP) is -0.0468. The van der Waals surface area contributed by atoms with Gasteiger partial charge in [0.1, 0.15) is 0 Å². The molecule has 1 aromatic rings. The molecule has 1 aromatic heterocycles. The van der Waals surface area contributed by atoms with Crippen LogP contribution in [0.2, 0.25) is 0 Å². The number of carbonyl (C=O) groups is 2. The standard InChI is InChI=1S/C15H22N4O3/c1-10-12(6-17-18(10)3)13(20)19-7-11-8-22-5-4-15(11,9-19)14(21)16-2/h6,11H,4-5,7-9H2,1-3H3,(H,16,21)/t11-,15+/m1/s1. The third kappa shape index (κ3) is 2.11. The molecule has 2 saturated heterocycles. The first-order chi connectivity index (χ1) is 10.5. The molecule has 3 heterocycles. The number of hydrogen-bond donors (Lipinski definition) is 1. The lowest BCUT2D eigenvalue weighted by Gasteiger charge is -2.36. The Morgan fingerprint density at radius 3 is 2.91 bits per heavy atom. The number of rotatable bonds is 2. The minimum Gasteiger partial charge on any atom is -0.381 e. The molecular formula is C15H22N4O3. The molecule has 0 spiro atoms. The van der Waals surface area contributed by atoms with Gasteiger partial charge in [-0.15, -0.1) is 0 Å². The van der Waals surface area contributed by atoms with E-state index in [4.69, 9.17) is 4.74 Å². The molecule has 0 radical (unpaired) electrons. The van der Waals surface area contributed by atoms with Crippen LogP contribution >= 0.6 is 0 Å². The summed E-state index contributed by atoms with van der Waals surface area (Å²) < 4.78 is 7.22. The molecule has 0 bridgehead atoms. The molecule has 0 aliphatic carbocycles. The van der Waals surface area contributed by atoms with Crippen LogP contribution in [0.3, 0.4) is 0 Å². The largest absolute Gasteiger partial charge is 0.381 e. The van der Waals surface area contributed by atoms with Crippen LogP contribution in [-0.4, -0.2) is 59.8 Å². The lowest BCUT2D eigenvalue weighted by Crippen LogP contribution is -2.49. The maximum Gasteiger partial charge on any atom is 0.257 e. The second kappa shape index (κ2) is 5.39. The fourth-order valence-corrected chi connectivity index (χ4v) is 3.60. The number of aromatic nitrogens is 2. The monoisotopic (exact) mass is 306 g/mol. The molecule has 1 N–H and O–H groups in total. The molecular weight excluding hydrogens is 284 g/mol. The van der Waals surface area contributed by atoms with Crippen LogP contribution in [0.15, 0.2) is 6.20 Å². The lowest BCUT2D eigenvalue weighted by atomic mass is 9.73. The van der Waals surface area contributed by atoms with Gasteiger partial charge in [-0.3, -0.25) is 14.3 Å². The minimum absolute atomic E-state index is 0.0130. The van der Waals surface area contributed by atoms with Gasteiger partial charge >= 0.3 is 0 Å². The van der Waals surface area contributed by atoms with E-state index in [0.717, 1.165) is 5.69 Å². The Morgan fingerprint density at radius 1 is 1.50 bits per heavy atom. The number of hydrogen-bond acceptors (Lipinski definition) is 4. The Hall–Kier alpha value is -1.89. The van der Waals surface area contributed by atoms with Crippen molar-refractivity contribution in [2.45, 2.75) is 13.3 Å². The fraction of sp³-hybridized carbons (Fsp3) is 0.667. The number of likely N-dealkylation sites (tertiary alicyclic amines) is 1. The number of nitrogens with zero attached hydrogens (tertiary/aromatic N) is 3. The van der Waals surface area contributed by atoms with Crippen LogP contribution in [0, 0.1) is 18.3 Å². The Bertz CT molecular complexity index is 612. The first kappa shape index (κ1) is 15.0. The van der Waals surface area contributed by atoms with E-state index < -0.39 is 5.41 Å². The van der Waals surface area contributed by atoms with Crippen molar-refractivity contribution in [3.05, 3.63) is 17.5 Å². The molecule has 120 valence electrons. The van der Waals surface area contributed by atoms with Gasteiger partial charge in [0.05, 0.1) is 23.8 Å². The molecule has 0 unspecified atom stereocenters. The van der Waals surface area contributed by atoms with Gasteiger partial charge in [0.25, 0.3) is 5.91 Å². The SMILES string of the molecule is CNC(=O)[C@]12CCOC[C@H]1CN(C(=O)c1cnn(C)c1C)C2. The highest BCUT2D eigenvalue weighted by Gasteiger charge is 2.54. The number of amides is 2. The molecule has 0 aromatic carbocycles. The molecule has 2 atom stereocenters. The zero-order valence-corrected chi connectivity index (χ0v) is 13.3. The van der Waals surface area contributed by atoms with E-state index in [1.807, 2.05) is 14.0 Å². The zero-order valence-electron chi connectivity index (χ0n) is 13.3. The Morgan fingerprint density at radius 2 is 2.27 bits per heavy atom. The topological polar surface area (TPSA) is 76.5 Å². The van der Waals surface area contributed by atoms with Gasteiger partial charge in [0.15, 0.2) is 0 Å². The second-order valence-corrected chi connectivity index (χ2v) is 6.21. The van der Waals surface area contributed by atoms with Gasteiger partial charge in [-0.1, -0.05) is 0 Å². The summed E-state index contributed by atoms with van der Waals surface area (Å²) in [7, 11) is 3.47. The summed E-state index contributed by atoms with van der Waals surface area (Å²) in [5.74, 6) is 0.0180. The van der Waals surface area contributed by atoms with E-state index in [1.54, 1.807) is 22.8 Å². The van der Waals surface area contributed by atoms with Crippen molar-refractivity contribution in [3.8, 4) is 0 Å². The molecule has 0 saturated carbocycles. The molecule has 7 nitrogen and oxygen atoms in total. The van der Waals surface area contributed by atoms with E-state index in [-0.39, 0.29) is 17.7 Å². The highest BCUT2D eigenvalue weighted by molar-refractivity contribution is 5.96. The van der Waals surface area contributed by atoms with Crippen molar-refractivity contribution >= 4 is 11.8 Å². The number of carbonyl (C=O) groups excluding carboxylic acids is 2. The summed E-state index contributed by atoms with van der Waals surface area (Å²) in [4.78, 5) is 27.0. The van der Waals surface area contributed by atoms with E-state index >= 15 is 0 Å². The average Bonchev–Trinajstić information content (AvgIpc) is 3.08. The molecule has 3 rings (SSSR count). The van der Waals surface area contributed by atoms with Crippen LogP contribution in [0.1, 0.15) is 22.5 Å². The molecule has 2 aliphatic heterocycles. The summed E-state index contributed by atoms with van der Waals surface area (Å²) in [6.07, 6.45) is 2.26. The van der Waals surface area contributed by atoms with Crippen LogP contribution in [-0.2, 0) is 16.6 Å². The number of ether oxygens (including phenoxy) is 1. The molecule has 2 aliphatic rings. The van der Waals surface area contributed by atoms with Crippen molar-refractivity contribution in [1.29, 1.82) is 0 Å². The minimum atomic E-state index is -0.515. The van der Waals surface area contributed by atoms with Crippen molar-refractivity contribution in [1.82, 2.24) is 20.0 Å². The van der Waals surface area contributed by atoms with Crippen molar-refractivity contribution in [2.24, 2.45) is 18.4 Å². The van der Waals surface area contributed by atoms with Crippen molar-refractivity contribution < 1.29 is 14.3 Å². The summed E-state index contributed by atoms with van der Waals surface area (Å²) in [5, 5.41) is 6.90. The predicted molar refractivity (Wildman–Crippen MR) is 79.3 cm³/mol. The van der Waals surface area contributed by atoms with Crippen LogP contribution in [0.4, 0.5) is 0 Å². The Labute approximate surface area is 129 Å². The molecule has 2 amide bonds. The lowest BCUT2D eigenvalue weighted by molar-refractivity contribution is -0.138. The van der Waals surface area contributed by atoms with E-state index in [9.17, 15) is 9.59 Å². The van der Waals surface area contributed by atoms with Gasteiger partial charge in [-0.2, -0.15) is 5.10 Å². The van der Waals surface area contributed by atoms with E-state index in [1.165, 1.54) is 0 Å². The molecule has 7 heteroatoms. The van der Waals surface area contributed by atoms with E-state index in [2.05, 4.69) is 10.4 Å². The Balaban J connectivity index is 1.87. The normalized spacial score (nSPS) is 27.6. The van der Waals surface area contributed by atoms with Crippen molar-refractivity contribution in [3.63, 3.8) is 0 Å². The number of aryl methyl sites for hydroxylation is 1. The van der Waals surface area contributed by atoms with Gasteiger partial charge in [-0.05, 0) is 13.3 Å². The first-order valence-corrected chi connectivity index (χ1v) is 7.57. The molecule has 22 heavy (non-hydrogen) atoms. The highest BCUT2D eigenvalue weighted by atomic mass is 16.5. The van der Waals surface area contributed by atoms with Gasteiger partial charge < -0.3 is 15.0 Å². The quantitative estimate of drug-likeness (QED) is 0.831. The third-order valence-corrected chi connectivity index (χ3v) is 5.14. The summed E-state index contributed by atoms with van der Waals surface area (Å²) in [6.45, 7) is 3.98. The van der Waals surface area contributed by atoms with Crippen molar-refractivity contribution in [2.75, 3.05) is 33.4 Å². The van der Waals surface area contributed by atoms with Crippen LogP contribution < -0.4 is 5.32 Å². The number of fused-ring (bicyclic) bond motifs is 1. The van der Waals surface area contributed by atoms with Gasteiger partial charge in [0.2, 0.25) is 5.91 Å². The summed E-state index contributed by atoms with van der Waals surface area (Å²) >= 11 is 0. The zero-order chi connectivity index (χ0) is 15.9. The van der Waals surface area contributed by atoms with Gasteiger partial charge in [0, 0.05) is 45.4 Å². The fourth-order valence-electron chi connectivity index (χ4n) is 3.60. The second-order valence-electron chi connectivity index (χ2n) is 6.21. The van der Waals surface area contributed by atoms with Crippen LogP contribution in [0.25, 0.3) is 0 Å². The van der Waals surface area contributed by atoms with Crippen LogP contribution in [0.5, 0.6) is 0 Å². The summed E-state index contributed by atoms with van der Waals surface area (Å²) in [6, 6.07) is 0. The molecule has 2 fully saturated rings. The van der Waals surface area contributed by atoms with Gasteiger partial charge in [-0.25, -0.2) is 0 Å². The van der Waals surface area contributed by atoms with E-state index in [0.29, 0.717) is 38.3 Å². The Kier molecular flexibility index (Phi) is 3.68. The summed E-state index contributed by atoms with van der Waals surface area (Å²) in [5.41, 5.74) is 0.929. The number of nitrogens with one attached hydrogen (secondary N) is 1. The highest BCUT2D eigenvalue weighted by Crippen LogP contribution is 2.42. The first-order valence-electron chi connectivity index (χ1n) is 7.57.